The molecule has 2 aliphatic heterocycles. The van der Waals surface area contributed by atoms with Gasteiger partial charge in [-0.15, -0.1) is 0 Å². The lowest BCUT2D eigenvalue weighted by molar-refractivity contribution is -0.149. The van der Waals surface area contributed by atoms with Crippen molar-refractivity contribution in [2.24, 2.45) is 11.8 Å². The first-order chi connectivity index (χ1) is 14.1. The van der Waals surface area contributed by atoms with Crippen LogP contribution in [-0.4, -0.2) is 83.6 Å². The van der Waals surface area contributed by atoms with Crippen LogP contribution in [0, 0.1) is 11.8 Å². The molecule has 1 saturated carbocycles. The van der Waals surface area contributed by atoms with Crippen LogP contribution in [0.3, 0.4) is 0 Å². The number of nitrogens with one attached hydrogen (secondary N) is 2. The Bertz CT molecular complexity index is 765. The summed E-state index contributed by atoms with van der Waals surface area (Å²) in [6.07, 6.45) is 7.16. The molecule has 2 N–H and O–H groups in total. The summed E-state index contributed by atoms with van der Waals surface area (Å²) in [6, 6.07) is 0. The molecule has 0 bridgehead atoms. The average molecular weight is 403 g/mol. The fraction of sp³-hybridized carbons (Fsp3) is 0.700. The molecule has 9 nitrogen and oxygen atoms in total. The van der Waals surface area contributed by atoms with Gasteiger partial charge in [-0.25, -0.2) is 4.98 Å². The van der Waals surface area contributed by atoms with Crippen molar-refractivity contribution in [3.8, 4) is 0 Å². The topological polar surface area (TPSA) is 108 Å². The Morgan fingerprint density at radius 3 is 2.62 bits per heavy atom. The van der Waals surface area contributed by atoms with Crippen molar-refractivity contribution in [3.63, 3.8) is 0 Å². The van der Waals surface area contributed by atoms with Crippen molar-refractivity contribution in [1.82, 2.24) is 25.1 Å². The predicted molar refractivity (Wildman–Crippen MR) is 105 cm³/mol. The summed E-state index contributed by atoms with van der Waals surface area (Å²) in [5.41, 5.74) is -0.212. The summed E-state index contributed by atoms with van der Waals surface area (Å²) in [5, 5.41) is 2.76. The van der Waals surface area contributed by atoms with Gasteiger partial charge < -0.3 is 24.8 Å². The molecule has 1 atom stereocenters. The Morgan fingerprint density at radius 1 is 1.17 bits per heavy atom. The molecule has 1 aromatic heterocycles. The number of carbonyl (C=O) groups excluding carboxylic acids is 2. The van der Waals surface area contributed by atoms with E-state index in [9.17, 15) is 14.4 Å². The van der Waals surface area contributed by atoms with Crippen molar-refractivity contribution >= 4 is 11.8 Å². The van der Waals surface area contributed by atoms with Gasteiger partial charge in [0.2, 0.25) is 5.91 Å². The molecule has 29 heavy (non-hydrogen) atoms. The molecule has 0 unspecified atom stereocenters. The Kier molecular flexibility index (Phi) is 6.25. The lowest BCUT2D eigenvalue weighted by atomic mass is 9.95. The van der Waals surface area contributed by atoms with Crippen LogP contribution in [0.1, 0.15) is 36.2 Å². The SMILES string of the molecule is O=C(NC[C@@H]1CN(CC2CCN(CC3CC3)CC2)C(=O)CO1)c1c[nH]c(=O)cn1. The number of amides is 2. The number of aromatic nitrogens is 2. The van der Waals surface area contributed by atoms with Crippen molar-refractivity contribution < 1.29 is 14.3 Å². The van der Waals surface area contributed by atoms with Gasteiger partial charge in [0.25, 0.3) is 11.5 Å². The number of nitrogens with zero attached hydrogens (tertiary/aromatic N) is 3. The van der Waals surface area contributed by atoms with Gasteiger partial charge in [0, 0.05) is 32.4 Å². The third-order valence-electron chi connectivity index (χ3n) is 6.01. The summed E-state index contributed by atoms with van der Waals surface area (Å²) >= 11 is 0. The van der Waals surface area contributed by atoms with Gasteiger partial charge in [-0.2, -0.15) is 0 Å². The molecule has 0 aromatic carbocycles. The number of carbonyl (C=O) groups is 2. The minimum Gasteiger partial charge on any atom is -0.365 e. The highest BCUT2D eigenvalue weighted by Gasteiger charge is 2.31. The number of morpholine rings is 1. The van der Waals surface area contributed by atoms with E-state index >= 15 is 0 Å². The maximum Gasteiger partial charge on any atom is 0.271 e. The third kappa shape index (κ3) is 5.63. The highest BCUT2D eigenvalue weighted by Crippen LogP contribution is 2.31. The van der Waals surface area contributed by atoms with Crippen LogP contribution in [-0.2, 0) is 9.53 Å². The molecule has 0 radical (unpaired) electrons. The van der Waals surface area contributed by atoms with Gasteiger partial charge >= 0.3 is 0 Å². The third-order valence-corrected chi connectivity index (χ3v) is 6.01. The van der Waals surface area contributed by atoms with E-state index in [2.05, 4.69) is 20.2 Å². The zero-order valence-corrected chi connectivity index (χ0v) is 16.6. The first-order valence-corrected chi connectivity index (χ1v) is 10.5. The fourth-order valence-electron chi connectivity index (χ4n) is 4.07. The van der Waals surface area contributed by atoms with Crippen LogP contribution in [0.4, 0.5) is 0 Å². The maximum absolute atomic E-state index is 12.3. The van der Waals surface area contributed by atoms with Gasteiger partial charge in [-0.1, -0.05) is 0 Å². The molecule has 2 amide bonds. The number of hydrogen-bond donors (Lipinski definition) is 2. The fourth-order valence-corrected chi connectivity index (χ4v) is 4.07. The normalized spacial score (nSPS) is 23.9. The number of piperidine rings is 1. The standard InChI is InChI=1S/C20H29N5O4/c26-18-9-21-17(8-22-18)20(28)23-7-16-12-25(19(27)13-29-16)11-15-3-5-24(6-4-15)10-14-1-2-14/h8-9,14-16H,1-7,10-13H2,(H,22,26)(H,23,28)/t16-/m1/s1. The predicted octanol–water partition coefficient (Wildman–Crippen LogP) is -0.151. The van der Waals surface area contributed by atoms with Crippen LogP contribution < -0.4 is 10.9 Å². The Hall–Kier alpha value is -2.26. The van der Waals surface area contributed by atoms with Gasteiger partial charge in [0.15, 0.2) is 0 Å². The van der Waals surface area contributed by atoms with Crippen LogP contribution >= 0.6 is 0 Å². The quantitative estimate of drug-likeness (QED) is 0.656. The minimum absolute atomic E-state index is 0.0234. The molecular weight excluding hydrogens is 374 g/mol. The monoisotopic (exact) mass is 403 g/mol. The smallest absolute Gasteiger partial charge is 0.271 e. The number of likely N-dealkylation sites (tertiary alicyclic amines) is 1. The molecule has 1 aromatic rings. The van der Waals surface area contributed by atoms with E-state index in [1.165, 1.54) is 25.6 Å². The number of H-pyrrole nitrogens is 1. The van der Waals surface area contributed by atoms with E-state index in [0.29, 0.717) is 19.0 Å². The lowest BCUT2D eigenvalue weighted by Gasteiger charge is -2.38. The number of ether oxygens (including phenoxy) is 1. The summed E-state index contributed by atoms with van der Waals surface area (Å²) in [7, 11) is 0. The van der Waals surface area contributed by atoms with Crippen molar-refractivity contribution in [1.29, 1.82) is 0 Å². The van der Waals surface area contributed by atoms with Gasteiger partial charge in [-0.05, 0) is 50.6 Å². The molecule has 0 spiro atoms. The Labute approximate surface area is 169 Å². The van der Waals surface area contributed by atoms with E-state index in [-0.39, 0.29) is 35.8 Å². The summed E-state index contributed by atoms with van der Waals surface area (Å²) in [4.78, 5) is 46.1. The first kappa shape index (κ1) is 20.0. The second-order valence-electron chi connectivity index (χ2n) is 8.43. The van der Waals surface area contributed by atoms with E-state index in [1.54, 1.807) is 0 Å². The molecule has 1 aliphatic carbocycles. The van der Waals surface area contributed by atoms with Crippen LogP contribution in [0.5, 0.6) is 0 Å². The van der Waals surface area contributed by atoms with Crippen LogP contribution in [0.2, 0.25) is 0 Å². The summed E-state index contributed by atoms with van der Waals surface area (Å²) < 4.78 is 5.59. The average Bonchev–Trinajstić information content (AvgIpc) is 3.54. The molecule has 3 fully saturated rings. The number of aromatic amines is 1. The van der Waals surface area contributed by atoms with Gasteiger partial charge in [0.05, 0.1) is 12.3 Å². The minimum atomic E-state index is -0.378. The second kappa shape index (κ2) is 9.04. The molecule has 3 heterocycles. The van der Waals surface area contributed by atoms with E-state index < -0.39 is 0 Å². The first-order valence-electron chi connectivity index (χ1n) is 10.5. The number of rotatable bonds is 7. The molecule has 4 rings (SSSR count). The highest BCUT2D eigenvalue weighted by atomic mass is 16.5. The molecular formula is C20H29N5O4. The van der Waals surface area contributed by atoms with Crippen LogP contribution in [0.15, 0.2) is 17.2 Å². The van der Waals surface area contributed by atoms with Crippen molar-refractivity contribution in [2.75, 3.05) is 45.9 Å². The highest BCUT2D eigenvalue weighted by molar-refractivity contribution is 5.91. The molecule has 2 saturated heterocycles. The molecule has 158 valence electrons. The number of hydrogen-bond acceptors (Lipinski definition) is 6. The largest absolute Gasteiger partial charge is 0.365 e. The van der Waals surface area contributed by atoms with E-state index in [0.717, 1.165) is 44.6 Å². The van der Waals surface area contributed by atoms with Crippen LogP contribution in [0.25, 0.3) is 0 Å². The molecule has 3 aliphatic rings. The molecule has 9 heteroatoms. The maximum atomic E-state index is 12.3. The zero-order chi connectivity index (χ0) is 20.2. The second-order valence-corrected chi connectivity index (χ2v) is 8.43. The van der Waals surface area contributed by atoms with Gasteiger partial charge in [0.1, 0.15) is 12.3 Å². The lowest BCUT2D eigenvalue weighted by Crippen LogP contribution is -2.52. The van der Waals surface area contributed by atoms with E-state index in [4.69, 9.17) is 4.74 Å². The zero-order valence-electron chi connectivity index (χ0n) is 16.6. The van der Waals surface area contributed by atoms with Crippen molar-refractivity contribution in [3.05, 3.63) is 28.4 Å². The van der Waals surface area contributed by atoms with E-state index in [1.807, 2.05) is 4.90 Å². The summed E-state index contributed by atoms with van der Waals surface area (Å²) in [6.45, 7) is 5.11. The van der Waals surface area contributed by atoms with Crippen molar-refractivity contribution in [2.45, 2.75) is 31.8 Å². The Morgan fingerprint density at radius 2 is 1.93 bits per heavy atom. The Balaban J connectivity index is 1.21. The summed E-state index contributed by atoms with van der Waals surface area (Å²) in [5.74, 6) is 1.11. The van der Waals surface area contributed by atoms with Gasteiger partial charge in [-0.3, -0.25) is 14.4 Å².